The summed E-state index contributed by atoms with van der Waals surface area (Å²) in [6.45, 7) is 7.50. The first-order valence-electron chi connectivity index (χ1n) is 9.49. The van der Waals surface area contributed by atoms with Crippen molar-refractivity contribution in [1.82, 2.24) is 25.4 Å². The molecular formula is C21H25N5O. The SMILES string of the molecule is Cc1nc2c(cnn2C(C)C)cc1C(=O)NCC1NCCc2ccccc21. The molecule has 140 valence electrons. The molecule has 1 amide bonds. The van der Waals surface area contributed by atoms with Gasteiger partial charge in [0, 0.05) is 24.0 Å². The Labute approximate surface area is 159 Å². The number of benzene rings is 1. The van der Waals surface area contributed by atoms with E-state index in [1.807, 2.05) is 17.7 Å². The van der Waals surface area contributed by atoms with Gasteiger partial charge in [-0.2, -0.15) is 5.10 Å². The van der Waals surface area contributed by atoms with Gasteiger partial charge in [0.15, 0.2) is 5.65 Å². The Morgan fingerprint density at radius 2 is 2.19 bits per heavy atom. The number of nitrogens with one attached hydrogen (secondary N) is 2. The zero-order valence-electron chi connectivity index (χ0n) is 16.0. The van der Waals surface area contributed by atoms with Crippen LogP contribution in [-0.2, 0) is 6.42 Å². The molecule has 6 nitrogen and oxygen atoms in total. The molecule has 1 aliphatic rings. The van der Waals surface area contributed by atoms with Gasteiger partial charge in [-0.1, -0.05) is 24.3 Å². The van der Waals surface area contributed by atoms with Gasteiger partial charge < -0.3 is 10.6 Å². The highest BCUT2D eigenvalue weighted by molar-refractivity contribution is 5.98. The molecule has 1 unspecified atom stereocenters. The molecule has 3 aromatic rings. The van der Waals surface area contributed by atoms with Gasteiger partial charge >= 0.3 is 0 Å². The summed E-state index contributed by atoms with van der Waals surface area (Å²) in [5.74, 6) is -0.0935. The van der Waals surface area contributed by atoms with Gasteiger partial charge in [0.05, 0.1) is 17.5 Å². The monoisotopic (exact) mass is 363 g/mol. The molecule has 4 rings (SSSR count). The summed E-state index contributed by atoms with van der Waals surface area (Å²) in [5.41, 5.74) is 4.78. The van der Waals surface area contributed by atoms with Gasteiger partial charge in [-0.15, -0.1) is 0 Å². The van der Waals surface area contributed by atoms with Crippen molar-refractivity contribution < 1.29 is 4.79 Å². The Hall–Kier alpha value is -2.73. The molecule has 0 saturated heterocycles. The Morgan fingerprint density at radius 3 is 3.00 bits per heavy atom. The zero-order chi connectivity index (χ0) is 19.0. The van der Waals surface area contributed by atoms with Crippen molar-refractivity contribution in [1.29, 1.82) is 0 Å². The minimum absolute atomic E-state index is 0.0935. The molecule has 1 atom stereocenters. The summed E-state index contributed by atoms with van der Waals surface area (Å²) in [6.07, 6.45) is 2.80. The van der Waals surface area contributed by atoms with E-state index in [4.69, 9.17) is 0 Å². The van der Waals surface area contributed by atoms with E-state index in [1.165, 1.54) is 11.1 Å². The largest absolute Gasteiger partial charge is 0.350 e. The van der Waals surface area contributed by atoms with Crippen molar-refractivity contribution in [3.05, 3.63) is 58.9 Å². The lowest BCUT2D eigenvalue weighted by Crippen LogP contribution is -2.39. The molecule has 2 N–H and O–H groups in total. The van der Waals surface area contributed by atoms with E-state index >= 15 is 0 Å². The number of rotatable bonds is 4. The third kappa shape index (κ3) is 3.32. The molecule has 0 aliphatic carbocycles. The van der Waals surface area contributed by atoms with E-state index in [9.17, 15) is 4.79 Å². The van der Waals surface area contributed by atoms with Crippen LogP contribution in [0.4, 0.5) is 0 Å². The molecule has 0 spiro atoms. The second-order valence-electron chi connectivity index (χ2n) is 7.38. The van der Waals surface area contributed by atoms with Gasteiger partial charge in [0.1, 0.15) is 0 Å². The lowest BCUT2D eigenvalue weighted by atomic mass is 9.94. The van der Waals surface area contributed by atoms with Crippen LogP contribution in [0.5, 0.6) is 0 Å². The summed E-state index contributed by atoms with van der Waals surface area (Å²) in [4.78, 5) is 17.4. The molecule has 1 aromatic carbocycles. The van der Waals surface area contributed by atoms with Crippen LogP contribution in [0.25, 0.3) is 11.0 Å². The van der Waals surface area contributed by atoms with Crippen molar-refractivity contribution >= 4 is 16.9 Å². The Bertz CT molecular complexity index is 991. The van der Waals surface area contributed by atoms with Crippen LogP contribution < -0.4 is 10.6 Å². The minimum Gasteiger partial charge on any atom is -0.350 e. The Balaban J connectivity index is 1.53. The highest BCUT2D eigenvalue weighted by Crippen LogP contribution is 2.23. The van der Waals surface area contributed by atoms with Crippen LogP contribution >= 0.6 is 0 Å². The van der Waals surface area contributed by atoms with Crippen LogP contribution in [0.15, 0.2) is 36.5 Å². The van der Waals surface area contributed by atoms with Gasteiger partial charge in [0.2, 0.25) is 0 Å². The predicted octanol–water partition coefficient (Wildman–Crippen LogP) is 2.94. The maximum Gasteiger partial charge on any atom is 0.253 e. The van der Waals surface area contributed by atoms with Crippen molar-refractivity contribution in [2.75, 3.05) is 13.1 Å². The molecule has 1 aliphatic heterocycles. The highest BCUT2D eigenvalue weighted by atomic mass is 16.1. The lowest BCUT2D eigenvalue weighted by molar-refractivity contribution is 0.0948. The number of hydrogen-bond donors (Lipinski definition) is 2. The fraction of sp³-hybridized carbons (Fsp3) is 0.381. The number of amides is 1. The maximum absolute atomic E-state index is 12.8. The van der Waals surface area contributed by atoms with Crippen molar-refractivity contribution in [2.45, 2.75) is 39.3 Å². The molecule has 3 heterocycles. The molecular weight excluding hydrogens is 338 g/mol. The first-order chi connectivity index (χ1) is 13.0. The van der Waals surface area contributed by atoms with Crippen LogP contribution in [0, 0.1) is 6.92 Å². The summed E-state index contributed by atoms with van der Waals surface area (Å²) in [6, 6.07) is 10.7. The second-order valence-corrected chi connectivity index (χ2v) is 7.38. The molecule has 2 aromatic heterocycles. The van der Waals surface area contributed by atoms with E-state index in [2.05, 4.69) is 58.8 Å². The summed E-state index contributed by atoms with van der Waals surface area (Å²) < 4.78 is 1.88. The van der Waals surface area contributed by atoms with Crippen LogP contribution in [0.3, 0.4) is 0 Å². The zero-order valence-corrected chi connectivity index (χ0v) is 16.0. The standard InChI is InChI=1S/C21H25N5O/c1-13(2)26-20-16(11-24-26)10-18(14(3)25-20)21(27)23-12-19-17-7-5-4-6-15(17)8-9-22-19/h4-7,10-11,13,19,22H,8-9,12H2,1-3H3,(H,23,27). The summed E-state index contributed by atoms with van der Waals surface area (Å²) in [7, 11) is 0. The predicted molar refractivity (Wildman–Crippen MR) is 106 cm³/mol. The number of carbonyl (C=O) groups is 1. The van der Waals surface area contributed by atoms with E-state index in [1.54, 1.807) is 6.20 Å². The topological polar surface area (TPSA) is 71.8 Å². The van der Waals surface area contributed by atoms with E-state index in [0.29, 0.717) is 12.1 Å². The molecule has 6 heteroatoms. The average Bonchev–Trinajstić information content (AvgIpc) is 3.08. The fourth-order valence-electron chi connectivity index (χ4n) is 3.74. The number of aryl methyl sites for hydroxylation is 1. The molecule has 27 heavy (non-hydrogen) atoms. The number of carbonyl (C=O) groups excluding carboxylic acids is 1. The van der Waals surface area contributed by atoms with Crippen LogP contribution in [0.2, 0.25) is 0 Å². The number of aromatic nitrogens is 3. The smallest absolute Gasteiger partial charge is 0.253 e. The molecule has 0 radical (unpaired) electrons. The molecule has 0 fully saturated rings. The minimum atomic E-state index is -0.0935. The number of pyridine rings is 1. The Kier molecular flexibility index (Phi) is 4.66. The number of fused-ring (bicyclic) bond motifs is 2. The molecule has 0 bridgehead atoms. The van der Waals surface area contributed by atoms with Gasteiger partial charge in [0.25, 0.3) is 5.91 Å². The summed E-state index contributed by atoms with van der Waals surface area (Å²) in [5, 5.41) is 11.9. The third-order valence-corrected chi connectivity index (χ3v) is 5.18. The number of hydrogen-bond acceptors (Lipinski definition) is 4. The Morgan fingerprint density at radius 1 is 1.37 bits per heavy atom. The second kappa shape index (κ2) is 7.12. The normalized spacial score (nSPS) is 16.5. The van der Waals surface area contributed by atoms with Gasteiger partial charge in [-0.25, -0.2) is 9.67 Å². The fourth-order valence-corrected chi connectivity index (χ4v) is 3.74. The van der Waals surface area contributed by atoms with E-state index in [-0.39, 0.29) is 18.0 Å². The van der Waals surface area contributed by atoms with Crippen molar-refractivity contribution in [3.63, 3.8) is 0 Å². The van der Waals surface area contributed by atoms with Crippen LogP contribution in [0.1, 0.15) is 53.1 Å². The van der Waals surface area contributed by atoms with Crippen molar-refractivity contribution in [3.8, 4) is 0 Å². The number of nitrogens with zero attached hydrogens (tertiary/aromatic N) is 3. The highest BCUT2D eigenvalue weighted by Gasteiger charge is 2.21. The first-order valence-corrected chi connectivity index (χ1v) is 9.49. The molecule has 0 saturated carbocycles. The van der Waals surface area contributed by atoms with E-state index in [0.717, 1.165) is 29.7 Å². The first kappa shape index (κ1) is 17.7. The quantitative estimate of drug-likeness (QED) is 0.748. The third-order valence-electron chi connectivity index (χ3n) is 5.18. The van der Waals surface area contributed by atoms with E-state index < -0.39 is 0 Å². The average molecular weight is 363 g/mol. The summed E-state index contributed by atoms with van der Waals surface area (Å²) >= 11 is 0. The van der Waals surface area contributed by atoms with Gasteiger partial charge in [-0.3, -0.25) is 4.79 Å². The van der Waals surface area contributed by atoms with Crippen molar-refractivity contribution in [2.24, 2.45) is 0 Å². The van der Waals surface area contributed by atoms with Crippen LogP contribution in [-0.4, -0.2) is 33.8 Å². The lowest BCUT2D eigenvalue weighted by Gasteiger charge is -2.27. The maximum atomic E-state index is 12.8. The van der Waals surface area contributed by atoms with Gasteiger partial charge in [-0.05, 0) is 50.9 Å².